The van der Waals surface area contributed by atoms with Crippen molar-refractivity contribution in [1.82, 2.24) is 9.55 Å². The first kappa shape index (κ1) is 37.9. The second kappa shape index (κ2) is 17.4. The summed E-state index contributed by atoms with van der Waals surface area (Å²) >= 11 is 14.7. The van der Waals surface area contributed by atoms with Crippen molar-refractivity contribution >= 4 is 72.9 Å². The average molecular weight is 732 g/mol. The van der Waals surface area contributed by atoms with Gasteiger partial charge in [0.05, 0.1) is 34.3 Å². The van der Waals surface area contributed by atoms with Crippen LogP contribution >= 0.6 is 39.1 Å². The molecule has 2 aromatic carbocycles. The number of ether oxygens (including phenoxy) is 2. The normalized spacial score (nSPS) is 10.8. The number of pyridine rings is 2. The molecular weight excluding hydrogens is 697 g/mol. The minimum absolute atomic E-state index is 0.0578. The maximum atomic E-state index is 13.7. The summed E-state index contributed by atoms with van der Waals surface area (Å²) in [4.78, 5) is 50.6. The van der Waals surface area contributed by atoms with Crippen molar-refractivity contribution in [1.29, 1.82) is 0 Å². The van der Waals surface area contributed by atoms with Gasteiger partial charge in [0.2, 0.25) is 10.9 Å². The van der Waals surface area contributed by atoms with E-state index in [1.165, 1.54) is 24.5 Å². The van der Waals surface area contributed by atoms with Gasteiger partial charge in [0.15, 0.2) is 0 Å². The standard InChI is InChI=1S/C16H17ClFNO3.C12H9ClFNO3.C4H9Br/c1-4-22-16(21)11-8-19(7-9(2)3)14-6-12(17)13(18)5-10(14)15(11)20;1-2-18-12(17)7-5-15-10-4-8(13)9(14)3-6(10)11(7)16;1-4(2)3-5/h5-6,8-9H,4,7H2,1-3H3;3-5H,2H2,1H3,(H,15,16);4H,3H2,1-2H3. The number of hydrogen-bond donors (Lipinski definition) is 1. The number of esters is 2. The van der Waals surface area contributed by atoms with Crippen LogP contribution in [-0.2, 0) is 16.0 Å². The van der Waals surface area contributed by atoms with Crippen LogP contribution in [0.4, 0.5) is 8.78 Å². The van der Waals surface area contributed by atoms with Gasteiger partial charge in [-0.25, -0.2) is 18.4 Å². The highest BCUT2D eigenvalue weighted by Crippen LogP contribution is 2.23. The highest BCUT2D eigenvalue weighted by Gasteiger charge is 2.19. The number of hydrogen-bond acceptors (Lipinski definition) is 6. The molecule has 45 heavy (non-hydrogen) atoms. The van der Waals surface area contributed by atoms with Crippen LogP contribution in [0.5, 0.6) is 0 Å². The molecule has 4 rings (SSSR count). The molecule has 1 N–H and O–H groups in total. The van der Waals surface area contributed by atoms with E-state index >= 15 is 0 Å². The van der Waals surface area contributed by atoms with E-state index in [9.17, 15) is 28.0 Å². The van der Waals surface area contributed by atoms with Crippen LogP contribution in [0.3, 0.4) is 0 Å². The monoisotopic (exact) mass is 730 g/mol. The van der Waals surface area contributed by atoms with E-state index in [0.29, 0.717) is 17.6 Å². The molecule has 0 radical (unpaired) electrons. The molecule has 4 aromatic rings. The van der Waals surface area contributed by atoms with Crippen molar-refractivity contribution in [3.63, 3.8) is 0 Å². The van der Waals surface area contributed by atoms with Gasteiger partial charge in [0.25, 0.3) is 0 Å². The van der Waals surface area contributed by atoms with E-state index in [1.807, 2.05) is 13.8 Å². The van der Waals surface area contributed by atoms with Gasteiger partial charge in [-0.15, -0.1) is 0 Å². The molecular formula is C32H35BrCl2F2N2O6. The predicted molar refractivity (Wildman–Crippen MR) is 178 cm³/mol. The predicted octanol–water partition coefficient (Wildman–Crippen LogP) is 8.16. The van der Waals surface area contributed by atoms with Crippen molar-refractivity contribution in [3.8, 4) is 0 Å². The first-order valence-electron chi connectivity index (χ1n) is 14.1. The lowest BCUT2D eigenvalue weighted by Gasteiger charge is -2.15. The quantitative estimate of drug-likeness (QED) is 0.152. The molecule has 0 spiro atoms. The number of carbonyl (C=O) groups excluding carboxylic acids is 2. The van der Waals surface area contributed by atoms with Crippen LogP contribution in [0.2, 0.25) is 10.0 Å². The van der Waals surface area contributed by atoms with E-state index in [-0.39, 0.29) is 51.1 Å². The second-order valence-corrected chi connectivity index (χ2v) is 12.0. The zero-order chi connectivity index (χ0) is 34.0. The molecule has 0 unspecified atom stereocenters. The number of nitrogens with one attached hydrogen (secondary N) is 1. The average Bonchev–Trinajstić information content (AvgIpc) is 2.97. The lowest BCUT2D eigenvalue weighted by Crippen LogP contribution is -2.22. The summed E-state index contributed by atoms with van der Waals surface area (Å²) in [6.45, 7) is 12.5. The smallest absolute Gasteiger partial charge is 0.343 e. The van der Waals surface area contributed by atoms with Crippen molar-refractivity contribution in [2.75, 3.05) is 18.5 Å². The Labute approximate surface area is 277 Å². The number of nitrogens with zero attached hydrogens (tertiary/aromatic N) is 1. The van der Waals surface area contributed by atoms with Crippen LogP contribution in [0.25, 0.3) is 21.8 Å². The topological polar surface area (TPSA) is 107 Å². The largest absolute Gasteiger partial charge is 0.462 e. The van der Waals surface area contributed by atoms with E-state index in [4.69, 9.17) is 32.7 Å². The number of H-pyrrole nitrogens is 1. The molecule has 8 nitrogen and oxygen atoms in total. The van der Waals surface area contributed by atoms with Gasteiger partial charge in [-0.3, -0.25) is 9.59 Å². The van der Waals surface area contributed by atoms with Crippen LogP contribution in [0.1, 0.15) is 62.3 Å². The fourth-order valence-electron chi connectivity index (χ4n) is 3.86. The number of benzene rings is 2. The number of alkyl halides is 1. The number of aromatic nitrogens is 2. The molecule has 2 aromatic heterocycles. The number of fused-ring (bicyclic) bond motifs is 2. The summed E-state index contributed by atoms with van der Waals surface area (Å²) in [5, 5.41) is 1.14. The zero-order valence-electron chi connectivity index (χ0n) is 25.7. The second-order valence-electron chi connectivity index (χ2n) is 10.5. The van der Waals surface area contributed by atoms with E-state index in [2.05, 4.69) is 34.8 Å². The minimum atomic E-state index is -0.740. The number of carbonyl (C=O) groups is 2. The summed E-state index contributed by atoms with van der Waals surface area (Å²) in [6.07, 6.45) is 2.69. The highest BCUT2D eigenvalue weighted by atomic mass is 79.9. The van der Waals surface area contributed by atoms with Crippen LogP contribution in [0, 0.1) is 23.5 Å². The molecule has 0 fully saturated rings. The molecule has 0 saturated carbocycles. The van der Waals surface area contributed by atoms with Gasteiger partial charge in [0, 0.05) is 35.0 Å². The van der Waals surface area contributed by atoms with E-state index < -0.39 is 34.4 Å². The molecule has 0 atom stereocenters. The summed E-state index contributed by atoms with van der Waals surface area (Å²) in [7, 11) is 0. The Morgan fingerprint density at radius 1 is 0.844 bits per heavy atom. The van der Waals surface area contributed by atoms with Gasteiger partial charge < -0.3 is 19.0 Å². The summed E-state index contributed by atoms with van der Waals surface area (Å²) in [5.41, 5.74) is -0.540. The first-order chi connectivity index (χ1) is 21.2. The van der Waals surface area contributed by atoms with Crippen LogP contribution in [0.15, 0.2) is 46.2 Å². The molecule has 244 valence electrons. The Kier molecular flexibility index (Phi) is 14.7. The molecule has 0 saturated heterocycles. The van der Waals surface area contributed by atoms with E-state index in [1.54, 1.807) is 18.4 Å². The summed E-state index contributed by atoms with van der Waals surface area (Å²) < 4.78 is 38.4. The third-order valence-electron chi connectivity index (χ3n) is 5.91. The van der Waals surface area contributed by atoms with Crippen LogP contribution in [-0.4, -0.2) is 40.0 Å². The molecule has 0 aliphatic heterocycles. The van der Waals surface area contributed by atoms with Crippen molar-refractivity contribution in [3.05, 3.63) is 89.9 Å². The van der Waals surface area contributed by atoms with Crippen molar-refractivity contribution in [2.45, 2.75) is 48.1 Å². The van der Waals surface area contributed by atoms with Crippen LogP contribution < -0.4 is 10.9 Å². The fraction of sp³-hybridized carbons (Fsp3) is 0.375. The SMILES string of the molecule is CC(C)CBr.CCOC(=O)c1c[nH]c2cc(Cl)c(F)cc2c1=O.CCOC(=O)c1cn(CC(C)C)c2cc(Cl)c(F)cc2c1=O. The lowest BCUT2D eigenvalue weighted by atomic mass is 10.1. The third kappa shape index (κ3) is 10.1. The summed E-state index contributed by atoms with van der Waals surface area (Å²) in [5.74, 6) is -1.78. The Bertz CT molecular complexity index is 1790. The fourth-order valence-corrected chi connectivity index (χ4v) is 4.18. The lowest BCUT2D eigenvalue weighted by molar-refractivity contribution is 0.0514. The molecule has 0 aliphatic rings. The first-order valence-corrected chi connectivity index (χ1v) is 16.0. The number of aromatic amines is 1. The van der Waals surface area contributed by atoms with Gasteiger partial charge in [0.1, 0.15) is 22.8 Å². The Morgan fingerprint density at radius 2 is 1.33 bits per heavy atom. The van der Waals surface area contributed by atoms with Crippen molar-refractivity contribution in [2.24, 2.45) is 11.8 Å². The molecule has 2 heterocycles. The molecule has 0 aliphatic carbocycles. The zero-order valence-corrected chi connectivity index (χ0v) is 28.8. The Morgan fingerprint density at radius 3 is 1.84 bits per heavy atom. The maximum absolute atomic E-state index is 13.7. The number of rotatable bonds is 7. The molecule has 0 bridgehead atoms. The van der Waals surface area contributed by atoms with Gasteiger partial charge in [-0.2, -0.15) is 0 Å². The van der Waals surface area contributed by atoms with Gasteiger partial charge >= 0.3 is 11.9 Å². The van der Waals surface area contributed by atoms with Gasteiger partial charge in [-0.1, -0.05) is 66.8 Å². The Hall–Kier alpha value is -3.28. The maximum Gasteiger partial charge on any atom is 0.343 e. The summed E-state index contributed by atoms with van der Waals surface area (Å²) in [6, 6.07) is 4.77. The number of halogens is 5. The highest BCUT2D eigenvalue weighted by molar-refractivity contribution is 9.09. The van der Waals surface area contributed by atoms with Gasteiger partial charge in [-0.05, 0) is 49.9 Å². The van der Waals surface area contributed by atoms with E-state index in [0.717, 1.165) is 23.4 Å². The van der Waals surface area contributed by atoms with Crippen molar-refractivity contribution < 1.29 is 27.8 Å². The Balaban J connectivity index is 0.000000277. The molecule has 13 heteroatoms. The third-order valence-corrected chi connectivity index (χ3v) is 7.78. The molecule has 0 amide bonds. The minimum Gasteiger partial charge on any atom is -0.462 e.